The maximum atomic E-state index is 12.5. The first-order valence-electron chi connectivity index (χ1n) is 9.71. The van der Waals surface area contributed by atoms with E-state index in [1.54, 1.807) is 0 Å². The SMILES string of the molecule is Cc1ccccc1CNC(=O)c1ccc2c(c1)ncn2CCN1CCCC1. The molecule has 1 aromatic heterocycles. The highest BCUT2D eigenvalue weighted by atomic mass is 16.1. The second-order valence-electron chi connectivity index (χ2n) is 7.30. The van der Waals surface area contributed by atoms with E-state index in [0.29, 0.717) is 12.1 Å². The normalized spacial score (nSPS) is 14.7. The van der Waals surface area contributed by atoms with Crippen molar-refractivity contribution in [2.24, 2.45) is 0 Å². The third kappa shape index (κ3) is 4.03. The molecule has 0 atom stereocenters. The Morgan fingerprint density at radius 3 is 2.74 bits per heavy atom. The number of nitrogens with zero attached hydrogens (tertiary/aromatic N) is 3. The summed E-state index contributed by atoms with van der Waals surface area (Å²) < 4.78 is 2.18. The van der Waals surface area contributed by atoms with Crippen LogP contribution in [0.4, 0.5) is 0 Å². The maximum absolute atomic E-state index is 12.5. The van der Waals surface area contributed by atoms with Gasteiger partial charge in [0.05, 0.1) is 17.4 Å². The van der Waals surface area contributed by atoms with Crippen LogP contribution in [-0.2, 0) is 13.1 Å². The smallest absolute Gasteiger partial charge is 0.251 e. The number of benzene rings is 2. The Labute approximate surface area is 160 Å². The average Bonchev–Trinajstić information content (AvgIpc) is 3.34. The van der Waals surface area contributed by atoms with Crippen LogP contribution < -0.4 is 5.32 Å². The number of imidazole rings is 1. The van der Waals surface area contributed by atoms with Gasteiger partial charge in [0.25, 0.3) is 5.91 Å². The van der Waals surface area contributed by atoms with Gasteiger partial charge in [-0.15, -0.1) is 0 Å². The molecule has 1 aliphatic heterocycles. The minimum Gasteiger partial charge on any atom is -0.348 e. The monoisotopic (exact) mass is 362 g/mol. The molecule has 0 unspecified atom stereocenters. The third-order valence-corrected chi connectivity index (χ3v) is 5.44. The van der Waals surface area contributed by atoms with Crippen LogP contribution in [-0.4, -0.2) is 40.0 Å². The Morgan fingerprint density at radius 2 is 1.93 bits per heavy atom. The van der Waals surface area contributed by atoms with Crippen LogP contribution >= 0.6 is 0 Å². The number of amides is 1. The molecule has 1 N–H and O–H groups in total. The number of likely N-dealkylation sites (tertiary alicyclic amines) is 1. The van der Waals surface area contributed by atoms with Gasteiger partial charge in [0, 0.05) is 25.2 Å². The predicted octanol–water partition coefficient (Wildman–Crippen LogP) is 3.37. The van der Waals surface area contributed by atoms with E-state index in [1.165, 1.54) is 31.5 Å². The van der Waals surface area contributed by atoms with E-state index in [9.17, 15) is 4.79 Å². The van der Waals surface area contributed by atoms with Crippen LogP contribution in [0, 0.1) is 6.92 Å². The van der Waals surface area contributed by atoms with E-state index in [1.807, 2.05) is 42.7 Å². The number of carbonyl (C=O) groups is 1. The fourth-order valence-corrected chi connectivity index (χ4v) is 3.72. The van der Waals surface area contributed by atoms with Crippen LogP contribution in [0.25, 0.3) is 11.0 Å². The van der Waals surface area contributed by atoms with Gasteiger partial charge in [-0.05, 0) is 62.2 Å². The first-order chi connectivity index (χ1) is 13.2. The van der Waals surface area contributed by atoms with Crippen molar-refractivity contribution in [3.8, 4) is 0 Å². The molecule has 140 valence electrons. The molecule has 4 rings (SSSR count). The molecule has 2 aromatic carbocycles. The molecule has 5 heteroatoms. The first kappa shape index (κ1) is 17.7. The summed E-state index contributed by atoms with van der Waals surface area (Å²) >= 11 is 0. The van der Waals surface area contributed by atoms with Gasteiger partial charge in [-0.25, -0.2) is 4.98 Å². The number of fused-ring (bicyclic) bond motifs is 1. The lowest BCUT2D eigenvalue weighted by atomic mass is 10.1. The molecule has 1 aliphatic rings. The number of rotatable bonds is 6. The topological polar surface area (TPSA) is 50.2 Å². The molecule has 2 heterocycles. The standard InChI is InChI=1S/C22H26N4O/c1-17-6-2-3-7-19(17)15-23-22(27)18-8-9-21-20(14-18)24-16-26(21)13-12-25-10-4-5-11-25/h2-3,6-9,14,16H,4-5,10-13,15H2,1H3,(H,23,27). The van der Waals surface area contributed by atoms with Gasteiger partial charge in [0.1, 0.15) is 0 Å². The van der Waals surface area contributed by atoms with Crippen LogP contribution in [0.2, 0.25) is 0 Å². The average molecular weight is 362 g/mol. The quantitative estimate of drug-likeness (QED) is 0.731. The Hall–Kier alpha value is -2.66. The minimum atomic E-state index is -0.0632. The number of aryl methyl sites for hydroxylation is 1. The molecule has 1 fully saturated rings. The number of nitrogens with one attached hydrogen (secondary N) is 1. The van der Waals surface area contributed by atoms with E-state index in [2.05, 4.69) is 32.8 Å². The summed E-state index contributed by atoms with van der Waals surface area (Å²) in [5.74, 6) is -0.0632. The summed E-state index contributed by atoms with van der Waals surface area (Å²) in [7, 11) is 0. The molecule has 0 spiro atoms. The summed E-state index contributed by atoms with van der Waals surface area (Å²) in [5, 5.41) is 3.01. The summed E-state index contributed by atoms with van der Waals surface area (Å²) in [6.07, 6.45) is 4.51. The van der Waals surface area contributed by atoms with Crippen LogP contribution in [0.1, 0.15) is 34.3 Å². The summed E-state index contributed by atoms with van der Waals surface area (Å²) in [6.45, 7) is 7.01. The molecule has 1 amide bonds. The van der Waals surface area contributed by atoms with Gasteiger partial charge in [-0.2, -0.15) is 0 Å². The third-order valence-electron chi connectivity index (χ3n) is 5.44. The van der Waals surface area contributed by atoms with Gasteiger partial charge in [-0.1, -0.05) is 24.3 Å². The fraction of sp³-hybridized carbons (Fsp3) is 0.364. The molecule has 0 aliphatic carbocycles. The van der Waals surface area contributed by atoms with Crippen molar-refractivity contribution in [3.05, 3.63) is 65.5 Å². The Bertz CT molecular complexity index is 940. The van der Waals surface area contributed by atoms with Crippen LogP contribution in [0.15, 0.2) is 48.8 Å². The van der Waals surface area contributed by atoms with Gasteiger partial charge < -0.3 is 14.8 Å². The lowest BCUT2D eigenvalue weighted by Gasteiger charge is -2.15. The summed E-state index contributed by atoms with van der Waals surface area (Å²) in [5.41, 5.74) is 4.94. The first-order valence-corrected chi connectivity index (χ1v) is 9.71. The van der Waals surface area contributed by atoms with E-state index >= 15 is 0 Å². The van der Waals surface area contributed by atoms with Crippen molar-refractivity contribution >= 4 is 16.9 Å². The van der Waals surface area contributed by atoms with Crippen molar-refractivity contribution < 1.29 is 4.79 Å². The molecule has 0 saturated carbocycles. The number of hydrogen-bond acceptors (Lipinski definition) is 3. The van der Waals surface area contributed by atoms with Gasteiger partial charge in [0.15, 0.2) is 0 Å². The molecular weight excluding hydrogens is 336 g/mol. The molecule has 5 nitrogen and oxygen atoms in total. The highest BCUT2D eigenvalue weighted by Crippen LogP contribution is 2.16. The molecule has 0 radical (unpaired) electrons. The zero-order valence-electron chi connectivity index (χ0n) is 15.8. The highest BCUT2D eigenvalue weighted by molar-refractivity contribution is 5.97. The minimum absolute atomic E-state index is 0.0632. The van der Waals surface area contributed by atoms with Crippen molar-refractivity contribution in [1.82, 2.24) is 19.8 Å². The van der Waals surface area contributed by atoms with Gasteiger partial charge in [0.2, 0.25) is 0 Å². The zero-order chi connectivity index (χ0) is 18.6. The Kier molecular flexibility index (Phi) is 5.21. The van der Waals surface area contributed by atoms with E-state index < -0.39 is 0 Å². The number of carbonyl (C=O) groups excluding carboxylic acids is 1. The zero-order valence-corrected chi connectivity index (χ0v) is 15.8. The second kappa shape index (κ2) is 7.92. The van der Waals surface area contributed by atoms with Crippen molar-refractivity contribution in [1.29, 1.82) is 0 Å². The molecule has 3 aromatic rings. The van der Waals surface area contributed by atoms with Gasteiger partial charge in [-0.3, -0.25) is 4.79 Å². The van der Waals surface area contributed by atoms with E-state index in [0.717, 1.165) is 29.7 Å². The van der Waals surface area contributed by atoms with Crippen molar-refractivity contribution in [3.63, 3.8) is 0 Å². The van der Waals surface area contributed by atoms with Crippen LogP contribution in [0.5, 0.6) is 0 Å². The lowest BCUT2D eigenvalue weighted by molar-refractivity contribution is 0.0951. The second-order valence-corrected chi connectivity index (χ2v) is 7.30. The Morgan fingerprint density at radius 1 is 1.11 bits per heavy atom. The lowest BCUT2D eigenvalue weighted by Crippen LogP contribution is -2.24. The van der Waals surface area contributed by atoms with Crippen molar-refractivity contribution in [2.75, 3.05) is 19.6 Å². The molecule has 27 heavy (non-hydrogen) atoms. The summed E-state index contributed by atoms with van der Waals surface area (Å²) in [6, 6.07) is 13.9. The van der Waals surface area contributed by atoms with Gasteiger partial charge >= 0.3 is 0 Å². The van der Waals surface area contributed by atoms with Crippen molar-refractivity contribution in [2.45, 2.75) is 32.9 Å². The Balaban J connectivity index is 1.42. The fourth-order valence-electron chi connectivity index (χ4n) is 3.72. The van der Waals surface area contributed by atoms with E-state index in [4.69, 9.17) is 0 Å². The molecular formula is C22H26N4O. The molecule has 0 bridgehead atoms. The number of hydrogen-bond donors (Lipinski definition) is 1. The number of aromatic nitrogens is 2. The van der Waals surface area contributed by atoms with Crippen LogP contribution in [0.3, 0.4) is 0 Å². The largest absolute Gasteiger partial charge is 0.348 e. The predicted molar refractivity (Wildman–Crippen MR) is 108 cm³/mol. The summed E-state index contributed by atoms with van der Waals surface area (Å²) in [4.78, 5) is 19.5. The van der Waals surface area contributed by atoms with E-state index in [-0.39, 0.29) is 5.91 Å². The highest BCUT2D eigenvalue weighted by Gasteiger charge is 2.13. The maximum Gasteiger partial charge on any atom is 0.251 e. The molecule has 1 saturated heterocycles.